The topological polar surface area (TPSA) is 87.7 Å². The molecule has 7 heteroatoms. The molecule has 0 aliphatic heterocycles. The fourth-order valence-corrected chi connectivity index (χ4v) is 5.15. The molecule has 2 aromatic rings. The number of alkyl carbamates (subject to hydrolysis) is 1. The summed E-state index contributed by atoms with van der Waals surface area (Å²) in [5, 5.41) is 6.03. The molecule has 2 aromatic carbocycles. The van der Waals surface area contributed by atoms with E-state index in [1.165, 1.54) is 0 Å². The Morgan fingerprint density at radius 3 is 2.08 bits per heavy atom. The van der Waals surface area contributed by atoms with Crippen molar-refractivity contribution in [3.8, 4) is 0 Å². The maximum atomic E-state index is 14.6. The Morgan fingerprint density at radius 2 is 1.55 bits per heavy atom. The van der Waals surface area contributed by atoms with E-state index in [2.05, 4.69) is 10.6 Å². The van der Waals surface area contributed by atoms with Crippen LogP contribution in [-0.4, -0.2) is 40.5 Å². The molecule has 0 spiro atoms. The number of carbonyl (C=O) groups is 3. The van der Waals surface area contributed by atoms with Crippen LogP contribution in [0.25, 0.3) is 0 Å². The maximum Gasteiger partial charge on any atom is 0.408 e. The molecule has 40 heavy (non-hydrogen) atoms. The standard InChI is InChI=1S/C33H47N3O4/c1-10-20(2)28(35-32(39)40-33(7,8)9)31(38)36(25-17-13-18-25)29(26-19-12-14-21(3)24(26)6)30(37)34-27-22(4)15-11-16-23(27)5/h11-12,14-16,19-20,25,28-29H,10,13,17-18H2,1-9H3,(H,34,37)(H,35,39). The molecule has 1 fully saturated rings. The Morgan fingerprint density at radius 1 is 0.975 bits per heavy atom. The number of para-hydroxylation sites is 1. The minimum absolute atomic E-state index is 0.104. The number of nitrogens with one attached hydrogen (secondary N) is 2. The van der Waals surface area contributed by atoms with Crippen LogP contribution in [0.15, 0.2) is 36.4 Å². The molecular weight excluding hydrogens is 502 g/mol. The lowest BCUT2D eigenvalue weighted by molar-refractivity contribution is -0.147. The van der Waals surface area contributed by atoms with Crippen LogP contribution in [0, 0.1) is 33.6 Å². The van der Waals surface area contributed by atoms with Crippen LogP contribution in [0.3, 0.4) is 0 Å². The Labute approximate surface area is 240 Å². The van der Waals surface area contributed by atoms with Crippen LogP contribution in [0.5, 0.6) is 0 Å². The molecule has 3 rings (SSSR count). The minimum Gasteiger partial charge on any atom is -0.444 e. The van der Waals surface area contributed by atoms with Crippen LogP contribution >= 0.6 is 0 Å². The quantitative estimate of drug-likeness (QED) is 0.355. The van der Waals surface area contributed by atoms with E-state index >= 15 is 0 Å². The van der Waals surface area contributed by atoms with E-state index in [0.717, 1.165) is 52.8 Å². The van der Waals surface area contributed by atoms with Crippen molar-refractivity contribution in [3.05, 3.63) is 64.2 Å². The molecule has 3 unspecified atom stereocenters. The van der Waals surface area contributed by atoms with Gasteiger partial charge >= 0.3 is 6.09 Å². The number of rotatable bonds is 9. The van der Waals surface area contributed by atoms with Crippen LogP contribution in [0.2, 0.25) is 0 Å². The molecule has 3 atom stereocenters. The molecular formula is C33H47N3O4. The zero-order valence-electron chi connectivity index (χ0n) is 25.7. The molecule has 7 nitrogen and oxygen atoms in total. The van der Waals surface area contributed by atoms with Crippen LogP contribution in [0.1, 0.15) is 94.2 Å². The first-order chi connectivity index (χ1) is 18.7. The van der Waals surface area contributed by atoms with Crippen LogP contribution < -0.4 is 10.6 Å². The first-order valence-electron chi connectivity index (χ1n) is 14.5. The van der Waals surface area contributed by atoms with Gasteiger partial charge in [-0.25, -0.2) is 4.79 Å². The predicted octanol–water partition coefficient (Wildman–Crippen LogP) is 6.92. The number of amides is 3. The SMILES string of the molecule is CCC(C)C(NC(=O)OC(C)(C)C)C(=O)N(C1CCC1)C(C(=O)Nc1c(C)cccc1C)c1cccc(C)c1C. The van der Waals surface area contributed by atoms with Gasteiger partial charge in [0.15, 0.2) is 0 Å². The summed E-state index contributed by atoms with van der Waals surface area (Å²) in [7, 11) is 0. The van der Waals surface area contributed by atoms with Gasteiger partial charge in [-0.15, -0.1) is 0 Å². The first-order valence-corrected chi connectivity index (χ1v) is 14.5. The summed E-state index contributed by atoms with van der Waals surface area (Å²) in [4.78, 5) is 43.5. The van der Waals surface area contributed by atoms with Crippen molar-refractivity contribution in [3.63, 3.8) is 0 Å². The Bertz CT molecular complexity index is 1210. The molecule has 3 amide bonds. The molecule has 0 bridgehead atoms. The highest BCUT2D eigenvalue weighted by Crippen LogP contribution is 2.37. The van der Waals surface area contributed by atoms with Crippen molar-refractivity contribution in [2.45, 2.75) is 112 Å². The van der Waals surface area contributed by atoms with Gasteiger partial charge in [0.25, 0.3) is 5.91 Å². The average molecular weight is 550 g/mol. The number of aryl methyl sites for hydroxylation is 3. The highest BCUT2D eigenvalue weighted by molar-refractivity contribution is 6.00. The van der Waals surface area contributed by atoms with E-state index < -0.39 is 23.8 Å². The van der Waals surface area contributed by atoms with Crippen LogP contribution in [-0.2, 0) is 14.3 Å². The van der Waals surface area contributed by atoms with Gasteiger partial charge in [0.1, 0.15) is 17.7 Å². The number of ether oxygens (including phenoxy) is 1. The van der Waals surface area contributed by atoms with Crippen molar-refractivity contribution in [1.82, 2.24) is 10.2 Å². The van der Waals surface area contributed by atoms with Gasteiger partial charge in [-0.1, -0.05) is 56.7 Å². The van der Waals surface area contributed by atoms with Gasteiger partial charge in [-0.05, 0) is 101 Å². The smallest absolute Gasteiger partial charge is 0.408 e. The summed E-state index contributed by atoms with van der Waals surface area (Å²) in [5.74, 6) is -0.678. The summed E-state index contributed by atoms with van der Waals surface area (Å²) in [6, 6.07) is 9.99. The Hall–Kier alpha value is -3.35. The fraction of sp³-hybridized carbons (Fsp3) is 0.545. The first kappa shape index (κ1) is 31.2. The van der Waals surface area contributed by atoms with Crippen molar-refractivity contribution in [2.75, 3.05) is 5.32 Å². The third-order valence-electron chi connectivity index (χ3n) is 8.07. The van der Waals surface area contributed by atoms with E-state index in [1.54, 1.807) is 25.7 Å². The number of carbonyl (C=O) groups excluding carboxylic acids is 3. The Balaban J connectivity index is 2.12. The highest BCUT2D eigenvalue weighted by atomic mass is 16.6. The second kappa shape index (κ2) is 12.9. The second-order valence-corrected chi connectivity index (χ2v) is 12.3. The lowest BCUT2D eigenvalue weighted by atomic mass is 9.85. The van der Waals surface area contributed by atoms with Gasteiger partial charge in [0, 0.05) is 11.7 Å². The van der Waals surface area contributed by atoms with E-state index in [0.29, 0.717) is 6.42 Å². The molecule has 0 aromatic heterocycles. The lowest BCUT2D eigenvalue weighted by Gasteiger charge is -2.44. The van der Waals surface area contributed by atoms with Gasteiger partial charge < -0.3 is 20.3 Å². The normalized spacial score (nSPS) is 15.8. The summed E-state index contributed by atoms with van der Waals surface area (Å²) in [5.41, 5.74) is 4.79. The molecule has 0 saturated heterocycles. The van der Waals surface area contributed by atoms with E-state index in [1.807, 2.05) is 77.9 Å². The van der Waals surface area contributed by atoms with Crippen molar-refractivity contribution in [2.24, 2.45) is 5.92 Å². The van der Waals surface area contributed by atoms with Crippen LogP contribution in [0.4, 0.5) is 10.5 Å². The van der Waals surface area contributed by atoms with Crippen molar-refractivity contribution in [1.29, 1.82) is 0 Å². The molecule has 0 heterocycles. The number of nitrogens with zero attached hydrogens (tertiary/aromatic N) is 1. The van der Waals surface area contributed by atoms with E-state index in [4.69, 9.17) is 4.74 Å². The zero-order chi connectivity index (χ0) is 29.8. The van der Waals surface area contributed by atoms with Gasteiger partial charge in [0.05, 0.1) is 0 Å². The number of benzene rings is 2. The third-order valence-corrected chi connectivity index (χ3v) is 8.07. The van der Waals surface area contributed by atoms with E-state index in [9.17, 15) is 14.4 Å². The van der Waals surface area contributed by atoms with Gasteiger partial charge in [0.2, 0.25) is 5.91 Å². The summed E-state index contributed by atoms with van der Waals surface area (Å²) in [6.07, 6.45) is 2.64. The minimum atomic E-state index is -0.858. The summed E-state index contributed by atoms with van der Waals surface area (Å²) < 4.78 is 5.53. The van der Waals surface area contributed by atoms with Crippen molar-refractivity contribution < 1.29 is 19.1 Å². The number of hydrogen-bond acceptors (Lipinski definition) is 4. The monoisotopic (exact) mass is 549 g/mol. The average Bonchev–Trinajstić information content (AvgIpc) is 2.84. The van der Waals surface area contributed by atoms with Crippen molar-refractivity contribution >= 4 is 23.6 Å². The second-order valence-electron chi connectivity index (χ2n) is 12.3. The molecule has 2 N–H and O–H groups in total. The van der Waals surface area contributed by atoms with Gasteiger partial charge in [-0.2, -0.15) is 0 Å². The molecule has 1 saturated carbocycles. The highest BCUT2D eigenvalue weighted by Gasteiger charge is 2.43. The van der Waals surface area contributed by atoms with Gasteiger partial charge in [-0.3, -0.25) is 9.59 Å². The molecule has 1 aliphatic carbocycles. The lowest BCUT2D eigenvalue weighted by Crippen LogP contribution is -2.58. The van der Waals surface area contributed by atoms with E-state index in [-0.39, 0.29) is 23.8 Å². The number of anilines is 1. The molecule has 1 aliphatic rings. The summed E-state index contributed by atoms with van der Waals surface area (Å²) in [6.45, 7) is 17.3. The maximum absolute atomic E-state index is 14.6. The Kier molecular flexibility index (Phi) is 10.0. The summed E-state index contributed by atoms with van der Waals surface area (Å²) >= 11 is 0. The molecule has 0 radical (unpaired) electrons. The molecule has 218 valence electrons. The number of hydrogen-bond donors (Lipinski definition) is 2. The third kappa shape index (κ3) is 7.23. The zero-order valence-corrected chi connectivity index (χ0v) is 25.7. The largest absolute Gasteiger partial charge is 0.444 e. The predicted molar refractivity (Wildman–Crippen MR) is 160 cm³/mol. The fourth-order valence-electron chi connectivity index (χ4n) is 5.15.